The van der Waals surface area contributed by atoms with Crippen molar-refractivity contribution in [3.05, 3.63) is 23.6 Å². The number of nitrogens with one attached hydrogen (secondary N) is 1. The van der Waals surface area contributed by atoms with E-state index < -0.39 is 16.7 Å². The zero-order valence-electron chi connectivity index (χ0n) is 9.80. The number of thioether (sulfide) groups is 1. The van der Waals surface area contributed by atoms with Crippen LogP contribution in [-0.4, -0.2) is 28.6 Å². The van der Waals surface area contributed by atoms with Crippen LogP contribution in [0.2, 0.25) is 0 Å². The van der Waals surface area contributed by atoms with Gasteiger partial charge >= 0.3 is 0 Å². The third-order valence-electron chi connectivity index (χ3n) is 2.95. The molecule has 0 aromatic rings. The molecule has 0 aromatic heterocycles. The lowest BCUT2D eigenvalue weighted by Crippen LogP contribution is -2.52. The molecule has 0 radical (unpaired) electrons. The van der Waals surface area contributed by atoms with Gasteiger partial charge in [-0.1, -0.05) is 0 Å². The molecule has 17 heavy (non-hydrogen) atoms. The quantitative estimate of drug-likeness (QED) is 0.784. The van der Waals surface area contributed by atoms with Crippen LogP contribution in [0.5, 0.6) is 0 Å². The van der Waals surface area contributed by atoms with E-state index >= 15 is 0 Å². The van der Waals surface area contributed by atoms with E-state index in [9.17, 15) is 13.6 Å². The maximum atomic E-state index is 13.2. The Bertz CT molecular complexity index is 403. The van der Waals surface area contributed by atoms with Crippen LogP contribution in [-0.2, 0) is 4.79 Å². The molecule has 0 aromatic carbocycles. The molecule has 1 unspecified atom stereocenters. The first kappa shape index (κ1) is 12.6. The number of halogens is 2. The van der Waals surface area contributed by atoms with Crippen LogP contribution in [0, 0.1) is 0 Å². The molecule has 0 spiro atoms. The van der Waals surface area contributed by atoms with Crippen molar-refractivity contribution in [1.82, 2.24) is 5.32 Å². The van der Waals surface area contributed by atoms with E-state index in [0.29, 0.717) is 11.3 Å². The minimum atomic E-state index is -1.29. The van der Waals surface area contributed by atoms with E-state index in [2.05, 4.69) is 5.32 Å². The second-order valence-electron chi connectivity index (χ2n) is 4.83. The van der Waals surface area contributed by atoms with Crippen molar-refractivity contribution in [2.75, 3.05) is 5.75 Å². The molecule has 2 nitrogen and oxygen atoms in total. The molecule has 2 atom stereocenters. The zero-order chi connectivity index (χ0) is 12.6. The normalized spacial score (nSPS) is 32.6. The monoisotopic (exact) mass is 259 g/mol. The maximum absolute atomic E-state index is 13.2. The summed E-state index contributed by atoms with van der Waals surface area (Å²) in [4.78, 5) is 11.8. The molecule has 1 saturated heterocycles. The van der Waals surface area contributed by atoms with Crippen molar-refractivity contribution in [2.45, 2.75) is 37.2 Å². The van der Waals surface area contributed by atoms with E-state index in [0.717, 1.165) is 0 Å². The molecule has 1 aliphatic carbocycles. The number of carbonyl (C=O) groups excluding carboxylic acids is 1. The Balaban J connectivity index is 2.13. The van der Waals surface area contributed by atoms with Gasteiger partial charge in [-0.15, -0.1) is 11.8 Å². The molecule has 0 bridgehead atoms. The van der Waals surface area contributed by atoms with E-state index in [4.69, 9.17) is 0 Å². The molecule has 0 saturated carbocycles. The number of hydrogen-bond donors (Lipinski definition) is 1. The van der Waals surface area contributed by atoms with Gasteiger partial charge in [0, 0.05) is 12.2 Å². The van der Waals surface area contributed by atoms with E-state index in [1.165, 1.54) is 23.9 Å². The van der Waals surface area contributed by atoms with Gasteiger partial charge in [0.1, 0.15) is 12.0 Å². The third-order valence-corrected chi connectivity index (χ3v) is 4.36. The fraction of sp³-hybridized carbons (Fsp3) is 0.583. The van der Waals surface area contributed by atoms with Crippen LogP contribution in [0.3, 0.4) is 0 Å². The average molecular weight is 259 g/mol. The van der Waals surface area contributed by atoms with Crippen molar-refractivity contribution in [3.63, 3.8) is 0 Å². The molecule has 2 rings (SSSR count). The van der Waals surface area contributed by atoms with Gasteiger partial charge in [0.15, 0.2) is 0 Å². The Hall–Kier alpha value is -0.840. The first-order valence-corrected chi connectivity index (χ1v) is 6.54. The molecule has 1 aliphatic heterocycles. The largest absolute Gasteiger partial charge is 0.347 e. The van der Waals surface area contributed by atoms with Crippen LogP contribution < -0.4 is 5.32 Å². The predicted octanol–water partition coefficient (Wildman–Crippen LogP) is 2.52. The zero-order valence-corrected chi connectivity index (χ0v) is 10.6. The molecule has 5 heteroatoms. The molecule has 1 heterocycles. The van der Waals surface area contributed by atoms with Gasteiger partial charge in [0.25, 0.3) is 0 Å². The van der Waals surface area contributed by atoms with Gasteiger partial charge in [-0.3, -0.25) is 4.79 Å². The summed E-state index contributed by atoms with van der Waals surface area (Å²) in [5.74, 6) is 0.0923. The lowest BCUT2D eigenvalue weighted by Gasteiger charge is -2.35. The lowest BCUT2D eigenvalue weighted by atomic mass is 9.98. The summed E-state index contributed by atoms with van der Waals surface area (Å²) < 4.78 is 25.9. The van der Waals surface area contributed by atoms with Gasteiger partial charge in [0.05, 0.1) is 10.8 Å². The van der Waals surface area contributed by atoms with Crippen LogP contribution >= 0.6 is 11.8 Å². The molecule has 1 amide bonds. The minimum absolute atomic E-state index is 0.0885. The summed E-state index contributed by atoms with van der Waals surface area (Å²) in [7, 11) is 0. The highest BCUT2D eigenvalue weighted by molar-refractivity contribution is 8.01. The van der Waals surface area contributed by atoms with Crippen molar-refractivity contribution in [2.24, 2.45) is 0 Å². The van der Waals surface area contributed by atoms with Crippen LogP contribution in [0.1, 0.15) is 20.3 Å². The number of amides is 1. The van der Waals surface area contributed by atoms with Gasteiger partial charge in [-0.05, 0) is 31.6 Å². The summed E-state index contributed by atoms with van der Waals surface area (Å²) in [5, 5.41) is 2.81. The highest BCUT2D eigenvalue weighted by Gasteiger charge is 2.36. The minimum Gasteiger partial charge on any atom is -0.347 e. The lowest BCUT2D eigenvalue weighted by molar-refractivity contribution is -0.123. The SMILES string of the molecule is CC1(C)SC[C@@H](C2=CC(F)CC(F)=C2)NC1=O. The summed E-state index contributed by atoms with van der Waals surface area (Å²) in [6.07, 6.45) is 1.25. The highest BCUT2D eigenvalue weighted by atomic mass is 32.2. The predicted molar refractivity (Wildman–Crippen MR) is 65.3 cm³/mol. The summed E-state index contributed by atoms with van der Waals surface area (Å²) >= 11 is 1.51. The van der Waals surface area contributed by atoms with Crippen molar-refractivity contribution in [1.29, 1.82) is 0 Å². The van der Waals surface area contributed by atoms with E-state index in [1.807, 2.05) is 13.8 Å². The standard InChI is InChI=1S/C12H15F2NOS/c1-12(2)11(16)15-10(6-17-12)7-3-8(13)5-9(14)4-7/h3-4,8,10H,5-6H2,1-2H3,(H,15,16)/t8?,10-/m0/s1. The number of allylic oxidation sites excluding steroid dienone is 2. The summed E-state index contributed by atoms with van der Waals surface area (Å²) in [6, 6.07) is -0.287. The molecule has 94 valence electrons. The fourth-order valence-electron chi connectivity index (χ4n) is 1.87. The number of carbonyl (C=O) groups is 1. The number of alkyl halides is 1. The smallest absolute Gasteiger partial charge is 0.236 e. The van der Waals surface area contributed by atoms with Crippen molar-refractivity contribution < 1.29 is 13.6 Å². The van der Waals surface area contributed by atoms with E-state index in [1.54, 1.807) is 0 Å². The Kier molecular flexibility index (Phi) is 3.30. The number of hydrogen-bond acceptors (Lipinski definition) is 2. The molecule has 1 fully saturated rings. The second-order valence-corrected chi connectivity index (χ2v) is 6.47. The average Bonchev–Trinajstić information content (AvgIpc) is 2.20. The molecule has 1 N–H and O–H groups in total. The maximum Gasteiger partial charge on any atom is 0.236 e. The molecular formula is C12H15F2NOS. The fourth-order valence-corrected chi connectivity index (χ4v) is 2.92. The Morgan fingerprint density at radius 3 is 2.82 bits per heavy atom. The first-order chi connectivity index (χ1) is 7.88. The van der Waals surface area contributed by atoms with Gasteiger partial charge in [-0.25, -0.2) is 8.78 Å². The van der Waals surface area contributed by atoms with Crippen LogP contribution in [0.15, 0.2) is 23.6 Å². The van der Waals surface area contributed by atoms with Crippen LogP contribution in [0.4, 0.5) is 8.78 Å². The van der Waals surface area contributed by atoms with Crippen LogP contribution in [0.25, 0.3) is 0 Å². The topological polar surface area (TPSA) is 29.1 Å². The summed E-state index contributed by atoms with van der Waals surface area (Å²) in [5.41, 5.74) is 0.539. The van der Waals surface area contributed by atoms with Gasteiger partial charge in [0.2, 0.25) is 5.91 Å². The Morgan fingerprint density at radius 1 is 1.53 bits per heavy atom. The number of rotatable bonds is 1. The Labute approximate surface area is 104 Å². The second kappa shape index (κ2) is 4.44. The molecular weight excluding hydrogens is 244 g/mol. The van der Waals surface area contributed by atoms with Crippen molar-refractivity contribution in [3.8, 4) is 0 Å². The third kappa shape index (κ3) is 2.70. The van der Waals surface area contributed by atoms with Gasteiger partial charge in [-0.2, -0.15) is 0 Å². The summed E-state index contributed by atoms with van der Waals surface area (Å²) in [6.45, 7) is 3.68. The molecule has 2 aliphatic rings. The van der Waals surface area contributed by atoms with Crippen molar-refractivity contribution >= 4 is 17.7 Å². The Morgan fingerprint density at radius 2 is 2.24 bits per heavy atom. The van der Waals surface area contributed by atoms with Gasteiger partial charge < -0.3 is 5.32 Å². The van der Waals surface area contributed by atoms with E-state index in [-0.39, 0.29) is 18.4 Å². The highest BCUT2D eigenvalue weighted by Crippen LogP contribution is 2.33. The first-order valence-electron chi connectivity index (χ1n) is 5.55.